The fourth-order valence-corrected chi connectivity index (χ4v) is 2.84. The highest BCUT2D eigenvalue weighted by atomic mass is 16.5. The van der Waals surface area contributed by atoms with Crippen molar-refractivity contribution in [2.45, 2.75) is 6.54 Å². The van der Waals surface area contributed by atoms with Crippen molar-refractivity contribution in [3.8, 4) is 28.7 Å². The first-order chi connectivity index (χ1) is 14.4. The Kier molecular flexibility index (Phi) is 6.12. The van der Waals surface area contributed by atoms with Crippen molar-refractivity contribution in [2.24, 2.45) is 0 Å². The zero-order chi connectivity index (χ0) is 21.7. The van der Waals surface area contributed by atoms with Crippen LogP contribution in [0.1, 0.15) is 22.3 Å². The number of nitrogens with zero attached hydrogens (tertiary/aromatic N) is 1. The smallest absolute Gasteiger partial charge is 0.226 e. The van der Waals surface area contributed by atoms with E-state index in [-0.39, 0.29) is 29.5 Å². The van der Waals surface area contributed by atoms with Gasteiger partial charge < -0.3 is 25.2 Å². The molecule has 0 saturated carbocycles. The second kappa shape index (κ2) is 8.91. The monoisotopic (exact) mass is 408 g/mol. The van der Waals surface area contributed by atoms with E-state index in [9.17, 15) is 25.6 Å². The third-order valence-electron chi connectivity index (χ3n) is 4.41. The van der Waals surface area contributed by atoms with Gasteiger partial charge in [-0.05, 0) is 52.3 Å². The molecule has 3 rings (SSSR count). The highest BCUT2D eigenvalue weighted by molar-refractivity contribution is 5.82. The maximum atomic E-state index is 10.2. The van der Waals surface area contributed by atoms with Crippen molar-refractivity contribution < 1.29 is 35.1 Å². The molecule has 0 heterocycles. The average molecular weight is 408 g/mol. The number of methoxy groups -OCH3 is 1. The standard InChI is InChI=1S/C23H21NO6/c1-30-23-11-16(5-9-21(23)27)3-2-15-4-8-20(26)18(10-15)14-24(29)13-17-6-7-19(25)12-22(17)28/h2-12,14,25,27-29H,13H2,1H3/p+1/b3-2+. The predicted octanol–water partition coefficient (Wildman–Crippen LogP) is 3.71. The number of phenolic OH excluding ortho intramolecular Hbond substituents is 4. The van der Waals surface area contributed by atoms with E-state index in [4.69, 9.17) is 4.74 Å². The number of phenols is 4. The minimum absolute atomic E-state index is 0.0209. The third kappa shape index (κ3) is 5.02. The van der Waals surface area contributed by atoms with Crippen molar-refractivity contribution in [3.63, 3.8) is 0 Å². The van der Waals surface area contributed by atoms with Crippen LogP contribution in [-0.4, -0.2) is 43.7 Å². The molecule has 0 atom stereocenters. The summed E-state index contributed by atoms with van der Waals surface area (Å²) >= 11 is 0. The molecule has 0 fully saturated rings. The van der Waals surface area contributed by atoms with Crippen molar-refractivity contribution in [1.29, 1.82) is 0 Å². The number of hydrogen-bond acceptors (Lipinski definition) is 6. The summed E-state index contributed by atoms with van der Waals surface area (Å²) in [4.78, 5) is 0. The van der Waals surface area contributed by atoms with Gasteiger partial charge in [-0.2, -0.15) is 0 Å². The van der Waals surface area contributed by atoms with Crippen LogP contribution in [-0.2, 0) is 6.54 Å². The Bertz CT molecular complexity index is 1120. The Labute approximate surface area is 173 Å². The molecule has 0 amide bonds. The van der Waals surface area contributed by atoms with Crippen LogP contribution < -0.4 is 4.74 Å². The Balaban J connectivity index is 1.81. The Morgan fingerprint density at radius 3 is 2.13 bits per heavy atom. The maximum absolute atomic E-state index is 10.2. The van der Waals surface area contributed by atoms with E-state index in [2.05, 4.69) is 0 Å². The highest BCUT2D eigenvalue weighted by Gasteiger charge is 2.12. The van der Waals surface area contributed by atoms with Gasteiger partial charge in [0.15, 0.2) is 11.5 Å². The van der Waals surface area contributed by atoms with Crippen molar-refractivity contribution in [3.05, 3.63) is 76.9 Å². The number of hydrogen-bond donors (Lipinski definition) is 5. The van der Waals surface area contributed by atoms with Crippen LogP contribution in [0.4, 0.5) is 0 Å². The minimum Gasteiger partial charge on any atom is -0.508 e. The first kappa shape index (κ1) is 20.6. The first-order valence-electron chi connectivity index (χ1n) is 9.05. The van der Waals surface area contributed by atoms with E-state index >= 15 is 0 Å². The molecule has 0 radical (unpaired) electrons. The van der Waals surface area contributed by atoms with E-state index in [0.29, 0.717) is 16.9 Å². The number of ether oxygens (including phenoxy) is 1. The second-order valence-corrected chi connectivity index (χ2v) is 6.62. The van der Waals surface area contributed by atoms with Crippen LogP contribution in [0, 0.1) is 0 Å². The van der Waals surface area contributed by atoms with E-state index in [1.165, 1.54) is 43.7 Å². The molecule has 0 aliphatic carbocycles. The van der Waals surface area contributed by atoms with Gasteiger partial charge in [0.2, 0.25) is 12.8 Å². The van der Waals surface area contributed by atoms with Gasteiger partial charge in [0.25, 0.3) is 0 Å². The molecule has 7 nitrogen and oxygen atoms in total. The van der Waals surface area contributed by atoms with Gasteiger partial charge in [-0.25, -0.2) is 0 Å². The van der Waals surface area contributed by atoms with Gasteiger partial charge in [0, 0.05) is 6.07 Å². The number of rotatable bonds is 6. The number of aromatic hydroxyl groups is 4. The van der Waals surface area contributed by atoms with Crippen LogP contribution in [0.3, 0.4) is 0 Å². The molecule has 0 aliphatic rings. The van der Waals surface area contributed by atoms with Crippen LogP contribution in [0.25, 0.3) is 12.2 Å². The van der Waals surface area contributed by atoms with Crippen LogP contribution >= 0.6 is 0 Å². The van der Waals surface area contributed by atoms with Gasteiger partial charge >= 0.3 is 0 Å². The largest absolute Gasteiger partial charge is 0.508 e. The molecule has 5 N–H and O–H groups in total. The Morgan fingerprint density at radius 1 is 0.800 bits per heavy atom. The van der Waals surface area contributed by atoms with Crippen molar-refractivity contribution in [1.82, 2.24) is 0 Å². The lowest BCUT2D eigenvalue weighted by Gasteiger charge is -2.04. The number of hydroxylamine groups is 1. The predicted molar refractivity (Wildman–Crippen MR) is 112 cm³/mol. The fraction of sp³-hybridized carbons (Fsp3) is 0.0870. The lowest BCUT2D eigenvalue weighted by molar-refractivity contribution is -0.783. The summed E-state index contributed by atoms with van der Waals surface area (Å²) in [5.41, 5.74) is 2.37. The van der Waals surface area contributed by atoms with Gasteiger partial charge in [0.1, 0.15) is 17.2 Å². The lowest BCUT2D eigenvalue weighted by atomic mass is 10.1. The van der Waals surface area contributed by atoms with Crippen LogP contribution in [0.15, 0.2) is 54.6 Å². The second-order valence-electron chi connectivity index (χ2n) is 6.62. The number of benzene rings is 3. The molecule has 3 aromatic rings. The molecule has 30 heavy (non-hydrogen) atoms. The van der Waals surface area contributed by atoms with Crippen molar-refractivity contribution in [2.75, 3.05) is 7.11 Å². The van der Waals surface area contributed by atoms with Gasteiger partial charge in [-0.1, -0.05) is 24.3 Å². The van der Waals surface area contributed by atoms with E-state index in [1.54, 1.807) is 24.3 Å². The topological polar surface area (TPSA) is 113 Å². The van der Waals surface area contributed by atoms with Gasteiger partial charge in [-0.15, -0.1) is 0 Å². The summed E-state index contributed by atoms with van der Waals surface area (Å²) < 4.78 is 5.93. The van der Waals surface area contributed by atoms with Gasteiger partial charge in [-0.3, -0.25) is 5.21 Å². The molecule has 0 bridgehead atoms. The first-order valence-corrected chi connectivity index (χ1v) is 9.05. The molecular weight excluding hydrogens is 386 g/mol. The van der Waals surface area contributed by atoms with E-state index in [0.717, 1.165) is 15.9 Å². The Morgan fingerprint density at radius 2 is 1.47 bits per heavy atom. The summed E-state index contributed by atoms with van der Waals surface area (Å²) in [5, 5.41) is 49.2. The normalized spacial score (nSPS) is 11.7. The van der Waals surface area contributed by atoms with E-state index in [1.807, 2.05) is 12.2 Å². The molecule has 0 aromatic heterocycles. The van der Waals surface area contributed by atoms with E-state index < -0.39 is 0 Å². The molecule has 3 aromatic carbocycles. The zero-order valence-corrected chi connectivity index (χ0v) is 16.2. The van der Waals surface area contributed by atoms with Crippen LogP contribution in [0.5, 0.6) is 28.7 Å². The molecular formula is C23H22NO6+. The minimum atomic E-state index is -0.146. The molecule has 0 spiro atoms. The van der Waals surface area contributed by atoms with Crippen molar-refractivity contribution >= 4 is 18.4 Å². The Hall–Kier alpha value is -4.13. The fourth-order valence-electron chi connectivity index (χ4n) is 2.84. The zero-order valence-electron chi connectivity index (χ0n) is 16.2. The summed E-state index contributed by atoms with van der Waals surface area (Å²) in [6.07, 6.45) is 4.97. The molecule has 0 aliphatic heterocycles. The quantitative estimate of drug-likeness (QED) is 0.140. The molecule has 154 valence electrons. The van der Waals surface area contributed by atoms with Crippen LogP contribution in [0.2, 0.25) is 0 Å². The van der Waals surface area contributed by atoms with Gasteiger partial charge in [0.05, 0.1) is 18.2 Å². The third-order valence-corrected chi connectivity index (χ3v) is 4.41. The lowest BCUT2D eigenvalue weighted by Crippen LogP contribution is -2.09. The molecule has 0 saturated heterocycles. The average Bonchev–Trinajstić information content (AvgIpc) is 2.71. The summed E-state index contributed by atoms with van der Waals surface area (Å²) in [5.74, 6) is 0.178. The molecule has 7 heteroatoms. The maximum Gasteiger partial charge on any atom is 0.226 e. The highest BCUT2D eigenvalue weighted by Crippen LogP contribution is 2.27. The summed E-state index contributed by atoms with van der Waals surface area (Å²) in [6.45, 7) is -0.0427. The summed E-state index contributed by atoms with van der Waals surface area (Å²) in [7, 11) is 1.48. The summed E-state index contributed by atoms with van der Waals surface area (Å²) in [6, 6.07) is 14.0. The molecule has 0 unspecified atom stereocenters. The SMILES string of the molecule is COc1cc(/C=C/c2ccc(O)c(/C=[N+](/O)Cc3ccc(O)cc3O)c2)ccc1O.